The molecule has 1 heterocycles. The number of fused-ring (bicyclic) bond motifs is 1. The average molecular weight is 506 g/mol. The monoisotopic (exact) mass is 505 g/mol. The first kappa shape index (κ1) is 25.4. The first-order valence-corrected chi connectivity index (χ1v) is 12.2. The highest BCUT2D eigenvalue weighted by Gasteiger charge is 2.24. The minimum atomic E-state index is -1.11. The molecular formula is C28H28ClN3O4. The Balaban J connectivity index is 1.56. The number of rotatable bonds is 10. The molecule has 8 heteroatoms. The van der Waals surface area contributed by atoms with E-state index in [1.165, 1.54) is 0 Å². The summed E-state index contributed by atoms with van der Waals surface area (Å²) in [6.07, 6.45) is 1.19. The van der Waals surface area contributed by atoms with Crippen LogP contribution < -0.4 is 5.32 Å². The number of hydrogen-bond donors (Lipinski definition) is 4. The van der Waals surface area contributed by atoms with Crippen LogP contribution in [0.1, 0.15) is 35.1 Å². The van der Waals surface area contributed by atoms with Crippen molar-refractivity contribution >= 4 is 34.5 Å². The molecule has 7 nitrogen and oxygen atoms in total. The molecule has 0 saturated heterocycles. The first-order valence-electron chi connectivity index (χ1n) is 11.8. The maximum atomic E-state index is 13.2. The van der Waals surface area contributed by atoms with E-state index < -0.39 is 24.5 Å². The number of carboxylic acid groups (broad SMARTS) is 1. The number of imidazole rings is 1. The molecular weight excluding hydrogens is 478 g/mol. The summed E-state index contributed by atoms with van der Waals surface area (Å²) in [6.45, 7) is 1.45. The van der Waals surface area contributed by atoms with Gasteiger partial charge in [-0.3, -0.25) is 9.59 Å². The lowest BCUT2D eigenvalue weighted by molar-refractivity contribution is -0.143. The number of halogens is 1. The molecule has 1 amide bonds. The molecule has 0 bridgehead atoms. The van der Waals surface area contributed by atoms with Crippen molar-refractivity contribution in [2.24, 2.45) is 5.92 Å². The summed E-state index contributed by atoms with van der Waals surface area (Å²) in [5.74, 6) is -1.71. The highest BCUT2D eigenvalue weighted by atomic mass is 35.5. The van der Waals surface area contributed by atoms with Gasteiger partial charge in [0.25, 0.3) is 5.91 Å². The molecule has 1 aromatic heterocycles. The number of aliphatic carboxylic acids is 1. The zero-order valence-electron chi connectivity index (χ0n) is 19.9. The number of nitrogens with one attached hydrogen (secondary N) is 2. The van der Waals surface area contributed by atoms with Gasteiger partial charge in [0.1, 0.15) is 11.3 Å². The molecule has 4 N–H and O–H groups in total. The van der Waals surface area contributed by atoms with E-state index in [1.807, 2.05) is 61.5 Å². The lowest BCUT2D eigenvalue weighted by Crippen LogP contribution is -2.39. The third-order valence-corrected chi connectivity index (χ3v) is 6.49. The lowest BCUT2D eigenvalue weighted by atomic mass is 9.94. The van der Waals surface area contributed by atoms with Crippen LogP contribution >= 0.6 is 11.6 Å². The van der Waals surface area contributed by atoms with E-state index >= 15 is 0 Å². The topological polar surface area (TPSA) is 115 Å². The van der Waals surface area contributed by atoms with Crippen LogP contribution in [0.5, 0.6) is 0 Å². The van der Waals surface area contributed by atoms with Gasteiger partial charge in [-0.2, -0.15) is 0 Å². The minimum absolute atomic E-state index is 0.0814. The van der Waals surface area contributed by atoms with Crippen molar-refractivity contribution in [2.45, 2.75) is 32.2 Å². The van der Waals surface area contributed by atoms with Gasteiger partial charge in [-0.15, -0.1) is 0 Å². The molecule has 3 aromatic carbocycles. The van der Waals surface area contributed by atoms with E-state index in [0.29, 0.717) is 34.5 Å². The van der Waals surface area contributed by atoms with Crippen molar-refractivity contribution < 1.29 is 19.8 Å². The minimum Gasteiger partial charge on any atom is -0.481 e. The Kier molecular flexibility index (Phi) is 8.03. The molecule has 0 fully saturated rings. The summed E-state index contributed by atoms with van der Waals surface area (Å²) in [5.41, 5.74) is 4.71. The Morgan fingerprint density at radius 1 is 1.06 bits per heavy atom. The number of aromatic amines is 1. The number of aryl methyl sites for hydroxylation is 1. The third kappa shape index (κ3) is 5.93. The molecule has 186 valence electrons. The molecule has 0 saturated carbocycles. The van der Waals surface area contributed by atoms with Gasteiger partial charge in [-0.25, -0.2) is 4.98 Å². The van der Waals surface area contributed by atoms with Gasteiger partial charge >= 0.3 is 5.97 Å². The van der Waals surface area contributed by atoms with Gasteiger partial charge < -0.3 is 20.5 Å². The van der Waals surface area contributed by atoms with Gasteiger partial charge in [0.05, 0.1) is 23.1 Å². The Bertz CT molecular complexity index is 1350. The molecule has 0 radical (unpaired) electrons. The second-order valence-corrected chi connectivity index (χ2v) is 9.19. The summed E-state index contributed by atoms with van der Waals surface area (Å²) in [7, 11) is 0. The Hall–Kier alpha value is -3.68. The second kappa shape index (κ2) is 11.4. The second-order valence-electron chi connectivity index (χ2n) is 8.78. The summed E-state index contributed by atoms with van der Waals surface area (Å²) in [4.78, 5) is 32.4. The number of nitrogens with zero attached hydrogens (tertiary/aromatic N) is 1. The van der Waals surface area contributed by atoms with Crippen LogP contribution in [0.25, 0.3) is 22.2 Å². The highest BCUT2D eigenvalue weighted by molar-refractivity contribution is 6.35. The molecule has 0 spiro atoms. The number of aromatic nitrogens is 2. The molecule has 0 aliphatic carbocycles. The zero-order chi connectivity index (χ0) is 25.7. The largest absolute Gasteiger partial charge is 0.481 e. The van der Waals surface area contributed by atoms with E-state index in [-0.39, 0.29) is 12.3 Å². The lowest BCUT2D eigenvalue weighted by Gasteiger charge is -2.22. The molecule has 36 heavy (non-hydrogen) atoms. The van der Waals surface area contributed by atoms with Crippen molar-refractivity contribution in [3.05, 3.63) is 88.7 Å². The molecule has 2 unspecified atom stereocenters. The van der Waals surface area contributed by atoms with Gasteiger partial charge in [0, 0.05) is 18.0 Å². The zero-order valence-corrected chi connectivity index (χ0v) is 20.6. The number of amides is 1. The number of benzene rings is 3. The fraction of sp³-hybridized carbons (Fsp3) is 0.250. The molecule has 4 rings (SSSR count). The maximum absolute atomic E-state index is 13.2. The molecule has 0 aliphatic heterocycles. The van der Waals surface area contributed by atoms with Crippen LogP contribution in [-0.4, -0.2) is 44.7 Å². The molecule has 0 aliphatic rings. The number of hydrogen-bond acceptors (Lipinski definition) is 4. The van der Waals surface area contributed by atoms with Crippen LogP contribution in [-0.2, 0) is 17.6 Å². The fourth-order valence-electron chi connectivity index (χ4n) is 4.23. The Morgan fingerprint density at radius 3 is 2.39 bits per heavy atom. The predicted molar refractivity (Wildman–Crippen MR) is 140 cm³/mol. The van der Waals surface area contributed by atoms with Crippen molar-refractivity contribution in [1.29, 1.82) is 0 Å². The number of aliphatic hydroxyl groups is 1. The maximum Gasteiger partial charge on any atom is 0.308 e. The van der Waals surface area contributed by atoms with Crippen molar-refractivity contribution in [3.8, 4) is 11.1 Å². The summed E-state index contributed by atoms with van der Waals surface area (Å²) < 4.78 is 0. The third-order valence-electron chi connectivity index (χ3n) is 6.20. The summed E-state index contributed by atoms with van der Waals surface area (Å²) in [5, 5.41) is 22.4. The van der Waals surface area contributed by atoms with E-state index in [9.17, 15) is 19.8 Å². The Morgan fingerprint density at radius 2 is 1.75 bits per heavy atom. The van der Waals surface area contributed by atoms with Gasteiger partial charge in [0.2, 0.25) is 0 Å². The summed E-state index contributed by atoms with van der Waals surface area (Å²) >= 11 is 6.38. The quantitative estimate of drug-likeness (QED) is 0.245. The molecule has 4 aromatic rings. The van der Waals surface area contributed by atoms with Crippen molar-refractivity contribution in [2.75, 3.05) is 6.61 Å². The summed E-state index contributed by atoms with van der Waals surface area (Å²) in [6, 6.07) is 20.7. The number of H-pyrrole nitrogens is 1. The van der Waals surface area contributed by atoms with Crippen molar-refractivity contribution in [3.63, 3.8) is 0 Å². The van der Waals surface area contributed by atoms with E-state index in [2.05, 4.69) is 15.3 Å². The van der Waals surface area contributed by atoms with Gasteiger partial charge in [-0.05, 0) is 41.7 Å². The van der Waals surface area contributed by atoms with Gasteiger partial charge in [0.15, 0.2) is 0 Å². The predicted octanol–water partition coefficient (Wildman–Crippen LogP) is 4.87. The van der Waals surface area contributed by atoms with E-state index in [4.69, 9.17) is 11.6 Å². The van der Waals surface area contributed by atoms with Gasteiger partial charge in [-0.1, -0.05) is 73.1 Å². The van der Waals surface area contributed by atoms with Crippen LogP contribution in [0.15, 0.2) is 66.7 Å². The first-order chi connectivity index (χ1) is 17.4. The van der Waals surface area contributed by atoms with Crippen LogP contribution in [0.3, 0.4) is 0 Å². The number of carbonyl (C=O) groups excluding carboxylic acids is 1. The van der Waals surface area contributed by atoms with Crippen LogP contribution in [0.2, 0.25) is 5.02 Å². The van der Waals surface area contributed by atoms with E-state index in [1.54, 1.807) is 12.1 Å². The number of carboxylic acids is 1. The average Bonchev–Trinajstić information content (AvgIpc) is 3.32. The fourth-order valence-corrected chi connectivity index (χ4v) is 4.49. The van der Waals surface area contributed by atoms with E-state index in [0.717, 1.165) is 22.5 Å². The van der Waals surface area contributed by atoms with Crippen LogP contribution in [0, 0.1) is 5.92 Å². The smallest absolute Gasteiger partial charge is 0.308 e. The highest BCUT2D eigenvalue weighted by Crippen LogP contribution is 2.25. The normalized spacial score (nSPS) is 12.9. The van der Waals surface area contributed by atoms with Crippen LogP contribution in [0.4, 0.5) is 0 Å². The Labute approximate surface area is 214 Å². The SMILES string of the molecule is CCc1nc2c(Cl)cc(C(=O)NC(Cc3ccc(-c4ccccc4)cc3)CC(CO)C(=O)O)cc2[nH]1. The number of aliphatic hydroxyl groups excluding tert-OH is 1. The van der Waals surface area contributed by atoms with Crippen molar-refractivity contribution in [1.82, 2.24) is 15.3 Å². The number of carbonyl (C=O) groups is 2. The standard InChI is InChI=1S/C28H28ClN3O4/c1-2-25-31-24-15-20(14-23(29)26(24)32-25)27(34)30-22(13-21(16-33)28(35)36)12-17-8-10-19(11-9-17)18-6-4-3-5-7-18/h3-11,14-15,21-22,33H,2,12-13,16H2,1H3,(H,30,34)(H,31,32)(H,35,36). The molecule has 2 atom stereocenters.